The number of hydrogen-bond acceptors (Lipinski definition) is 13. The van der Waals surface area contributed by atoms with Gasteiger partial charge in [0.15, 0.2) is 11.6 Å². The number of rotatable bonds is 19. The zero-order valence-electron chi connectivity index (χ0n) is 41.7. The van der Waals surface area contributed by atoms with Gasteiger partial charge in [-0.15, -0.1) is 11.3 Å². The maximum absolute atomic E-state index is 14.2. The molecule has 398 valence electrons. The van der Waals surface area contributed by atoms with E-state index in [1.807, 2.05) is 35.9 Å². The van der Waals surface area contributed by atoms with Crippen molar-refractivity contribution in [1.82, 2.24) is 40.5 Å². The van der Waals surface area contributed by atoms with Gasteiger partial charge in [0.1, 0.15) is 35.3 Å². The van der Waals surface area contributed by atoms with Gasteiger partial charge >= 0.3 is 5.76 Å². The fourth-order valence-electron chi connectivity index (χ4n) is 8.52. The zero-order valence-corrected chi connectivity index (χ0v) is 43.3. The van der Waals surface area contributed by atoms with Crippen molar-refractivity contribution in [2.24, 2.45) is 11.1 Å². The molecule has 1 aliphatic heterocycles. The number of aromatic nitrogens is 5. The van der Waals surface area contributed by atoms with E-state index in [1.54, 1.807) is 85.8 Å². The average molecular weight is 1080 g/mol. The number of nitrogens with one attached hydrogen (secondary N) is 5. The lowest BCUT2D eigenvalue weighted by atomic mass is 9.85. The van der Waals surface area contributed by atoms with Crippen molar-refractivity contribution < 1.29 is 50.6 Å². The highest BCUT2D eigenvalue weighted by Gasteiger charge is 2.44. The maximum Gasteiger partial charge on any atom is 0.355 e. The van der Waals surface area contributed by atoms with Crippen molar-refractivity contribution in [3.8, 4) is 28.3 Å². The Morgan fingerprint density at radius 3 is 2.29 bits per heavy atom. The first-order chi connectivity index (χ1) is 36.0. The van der Waals surface area contributed by atoms with Gasteiger partial charge < -0.3 is 36.4 Å². The molecule has 4 amide bonds. The number of aliphatic hydroxyl groups is 1. The molecule has 24 heteroatoms. The van der Waals surface area contributed by atoms with Crippen LogP contribution in [0.15, 0.2) is 109 Å². The second kappa shape index (κ2) is 22.4. The maximum atomic E-state index is 14.2. The smallest absolute Gasteiger partial charge is 0.355 e. The number of anilines is 3. The molecule has 4 atom stereocenters. The van der Waals surface area contributed by atoms with Gasteiger partial charge in [0.2, 0.25) is 11.8 Å². The number of thiazole rings is 1. The number of benzene rings is 4. The number of ether oxygens (including phenoxy) is 1. The van der Waals surface area contributed by atoms with Crippen molar-refractivity contribution in [3.05, 3.63) is 147 Å². The second-order valence-electron chi connectivity index (χ2n) is 19.2. The Morgan fingerprint density at radius 2 is 1.64 bits per heavy atom. The lowest BCUT2D eigenvalue weighted by Gasteiger charge is -2.35. The molecule has 76 heavy (non-hydrogen) atoms. The number of alkyl halides is 2. The third-order valence-electron chi connectivity index (χ3n) is 12.6. The summed E-state index contributed by atoms with van der Waals surface area (Å²) < 4.78 is 74.2. The molecule has 0 saturated carbocycles. The van der Waals surface area contributed by atoms with Crippen LogP contribution >= 0.6 is 11.3 Å². The number of nitrogens with two attached hydrogens (primary N) is 1. The van der Waals surface area contributed by atoms with E-state index in [1.165, 1.54) is 47.4 Å². The third-order valence-corrected chi connectivity index (χ3v) is 14.3. The van der Waals surface area contributed by atoms with E-state index in [0.29, 0.717) is 5.56 Å². The number of aliphatic hydroxyl groups excluding tert-OH is 1. The molecular weight excluding hydrogens is 1030 g/mol. The number of likely N-dealkylation sites (tertiary alicyclic amines) is 1. The lowest BCUT2D eigenvalue weighted by Crippen LogP contribution is -2.57. The second-order valence-corrected chi connectivity index (χ2v) is 21.9. The van der Waals surface area contributed by atoms with E-state index in [4.69, 9.17) is 10.5 Å². The number of carbonyl (C=O) groups excluding carboxylic acids is 4. The van der Waals surface area contributed by atoms with E-state index >= 15 is 0 Å². The number of amides is 4. The Kier molecular flexibility index (Phi) is 16.0. The van der Waals surface area contributed by atoms with E-state index in [-0.39, 0.29) is 71.5 Å². The first-order valence-electron chi connectivity index (χ1n) is 23.7. The molecule has 8 rings (SSSR count). The summed E-state index contributed by atoms with van der Waals surface area (Å²) >= 11 is 1.56. The van der Waals surface area contributed by atoms with Crippen LogP contribution in [0, 0.1) is 18.2 Å². The molecule has 1 fully saturated rings. The molecule has 8 N–H and O–H groups in total. The number of nitrogens with zero attached hydrogens (tertiary/aromatic N) is 5. The standard InChI is InChI=1S/C52H54F3N11O8S2/c1-28(32-14-17-36(53)18-15-32)74-40-22-35(16-19-38(40)64-76(72,73)51(54)55)44-42(46(56)68)47(62-61-44)59-41-20-21-65(63-41)25-31-8-12-34(13-9-31)48(69)60-45(52(3,4)5)50(71)66-26-37(67)23-39(66)49(70)57-24-30-6-10-33(11-7-30)43-29(2)75-27-58-43/h6-22,27-28,37,39,45,51,64,67H,23-26H2,1-5H3,(H2,56,68)(H,57,70)(H,60,69)(H2,59,61,62,63)/t28-,37+,39-,45+/m0/s1. The topological polar surface area (TPSA) is 269 Å². The summed E-state index contributed by atoms with van der Waals surface area (Å²) in [5.74, 6) is -6.62. The summed E-state index contributed by atoms with van der Waals surface area (Å²) in [5.41, 5.74) is 10.8. The summed E-state index contributed by atoms with van der Waals surface area (Å²) in [5, 5.41) is 30.9. The highest BCUT2D eigenvalue weighted by atomic mass is 32.2. The minimum absolute atomic E-state index is 0.0282. The number of halogens is 3. The Hall–Kier alpha value is -8.09. The number of carbonyl (C=O) groups is 4. The van der Waals surface area contributed by atoms with Crippen LogP contribution in [0.2, 0.25) is 0 Å². The number of hydrogen-bond donors (Lipinski definition) is 7. The van der Waals surface area contributed by atoms with Crippen LogP contribution in [-0.4, -0.2) is 97.5 Å². The fraction of sp³-hybridized carbons (Fsp3) is 0.288. The zero-order chi connectivity index (χ0) is 54.6. The van der Waals surface area contributed by atoms with Gasteiger partial charge in [-0.2, -0.15) is 19.0 Å². The molecule has 7 aromatic rings. The monoisotopic (exact) mass is 1080 g/mol. The van der Waals surface area contributed by atoms with Crippen molar-refractivity contribution in [2.75, 3.05) is 16.6 Å². The van der Waals surface area contributed by atoms with Gasteiger partial charge in [-0.05, 0) is 72.4 Å². The van der Waals surface area contributed by atoms with Crippen LogP contribution in [0.4, 0.5) is 30.5 Å². The molecule has 0 aliphatic carbocycles. The normalized spacial score (nSPS) is 15.5. The molecule has 1 saturated heterocycles. The molecule has 4 aromatic carbocycles. The van der Waals surface area contributed by atoms with Gasteiger partial charge in [0.25, 0.3) is 21.8 Å². The Labute approximate surface area is 439 Å². The lowest BCUT2D eigenvalue weighted by molar-refractivity contribution is -0.142. The predicted octanol–water partition coefficient (Wildman–Crippen LogP) is 7.26. The van der Waals surface area contributed by atoms with Crippen molar-refractivity contribution >= 4 is 62.3 Å². The summed E-state index contributed by atoms with van der Waals surface area (Å²) in [7, 11) is -5.13. The minimum atomic E-state index is -5.13. The van der Waals surface area contributed by atoms with Gasteiger partial charge in [0.05, 0.1) is 35.2 Å². The van der Waals surface area contributed by atoms with Crippen LogP contribution in [-0.2, 0) is 32.7 Å². The predicted molar refractivity (Wildman–Crippen MR) is 279 cm³/mol. The number of aromatic amines is 1. The number of H-pyrrole nitrogens is 1. The summed E-state index contributed by atoms with van der Waals surface area (Å²) in [4.78, 5) is 61.4. The minimum Gasteiger partial charge on any atom is -0.484 e. The van der Waals surface area contributed by atoms with Crippen LogP contribution in [0.5, 0.6) is 5.75 Å². The van der Waals surface area contributed by atoms with Gasteiger partial charge in [0, 0.05) is 53.3 Å². The third kappa shape index (κ3) is 12.5. The van der Waals surface area contributed by atoms with Crippen molar-refractivity contribution in [1.29, 1.82) is 0 Å². The number of sulfonamides is 1. The van der Waals surface area contributed by atoms with Gasteiger partial charge in [-0.3, -0.25) is 33.7 Å². The van der Waals surface area contributed by atoms with Crippen LogP contribution in [0.25, 0.3) is 22.5 Å². The summed E-state index contributed by atoms with van der Waals surface area (Å²) in [6.45, 7) is 9.34. The van der Waals surface area contributed by atoms with Crippen molar-refractivity contribution in [3.63, 3.8) is 0 Å². The van der Waals surface area contributed by atoms with E-state index in [2.05, 4.69) is 36.2 Å². The first kappa shape index (κ1) is 54.2. The van der Waals surface area contributed by atoms with E-state index in [0.717, 1.165) is 27.3 Å². The van der Waals surface area contributed by atoms with Gasteiger partial charge in [-0.1, -0.05) is 75.4 Å². The van der Waals surface area contributed by atoms with Crippen LogP contribution < -0.4 is 31.1 Å². The number of β-amino-alcohol motifs (C(OH)–C–C–N with tert-alkyl or cyclic N) is 1. The fourth-order valence-corrected chi connectivity index (χ4v) is 9.68. The van der Waals surface area contributed by atoms with Crippen LogP contribution in [0.1, 0.15) is 82.5 Å². The molecule has 1 aliphatic rings. The molecule has 4 heterocycles. The molecule has 3 aromatic heterocycles. The number of aryl methyl sites for hydroxylation is 1. The van der Waals surface area contributed by atoms with E-state index < -0.39 is 74.9 Å². The summed E-state index contributed by atoms with van der Waals surface area (Å²) in [6, 6.07) is 23.0. The Morgan fingerprint density at radius 1 is 0.961 bits per heavy atom. The molecule has 0 bridgehead atoms. The SMILES string of the molecule is Cc1scnc1-c1ccc(CNC(=O)[C@@H]2C[C@@H](O)CN2C(=O)[C@@H](NC(=O)c2ccc(Cn3ccc(Nc4n[nH]c(-c5ccc(NS(=O)(=O)C(F)F)c(O[C@@H](C)c6ccc(F)cc6)c5)c4C(N)=O)n3)cc2)C(C)(C)C)cc1. The molecule has 0 unspecified atom stereocenters. The molecule has 19 nitrogen and oxygen atoms in total. The largest absolute Gasteiger partial charge is 0.484 e. The quantitative estimate of drug-likeness (QED) is 0.0422. The Bertz CT molecular complexity index is 3360. The van der Waals surface area contributed by atoms with Crippen molar-refractivity contribution in [2.45, 2.75) is 84.2 Å². The Balaban J connectivity index is 0.907. The van der Waals surface area contributed by atoms with E-state index in [9.17, 15) is 45.9 Å². The van der Waals surface area contributed by atoms with Crippen LogP contribution in [0.3, 0.4) is 0 Å². The first-order valence-corrected chi connectivity index (χ1v) is 26.2. The van der Waals surface area contributed by atoms with Gasteiger partial charge in [-0.25, -0.2) is 17.8 Å². The number of primary amides is 1. The highest BCUT2D eigenvalue weighted by Crippen LogP contribution is 2.37. The molecule has 0 radical (unpaired) electrons. The molecule has 0 spiro atoms. The average Bonchev–Trinajstić information content (AvgIpc) is 4.21. The highest BCUT2D eigenvalue weighted by molar-refractivity contribution is 7.93. The summed E-state index contributed by atoms with van der Waals surface area (Å²) in [6.07, 6.45) is -0.0735. The molecular formula is C52H54F3N11O8S2.